The molecule has 0 saturated carbocycles. The number of hydrogen-bond donors (Lipinski definition) is 1. The topological polar surface area (TPSA) is 51.2 Å². The van der Waals surface area contributed by atoms with Gasteiger partial charge in [0.15, 0.2) is 0 Å². The maximum atomic E-state index is 12.4. The third-order valence-electron chi connectivity index (χ3n) is 2.24. The summed E-state index contributed by atoms with van der Waals surface area (Å²) in [5.74, 6) is 0. The molecule has 0 aliphatic rings. The molecule has 0 radical (unpaired) electrons. The lowest BCUT2D eigenvalue weighted by molar-refractivity contribution is 0.144. The second kappa shape index (κ2) is 7.58. The van der Waals surface area contributed by atoms with Crippen molar-refractivity contribution in [2.45, 2.75) is 32.7 Å². The van der Waals surface area contributed by atoms with Gasteiger partial charge in [0, 0.05) is 12.7 Å². The molecule has 0 aromatic carbocycles. The third-order valence-corrected chi connectivity index (χ3v) is 2.24. The van der Waals surface area contributed by atoms with Crippen molar-refractivity contribution in [3.8, 4) is 0 Å². The molecule has 18 heavy (non-hydrogen) atoms. The molecule has 0 bridgehead atoms. The van der Waals surface area contributed by atoms with Gasteiger partial charge in [-0.15, -0.1) is 0 Å². The molecular weight excluding hydrogens is 242 g/mol. The van der Waals surface area contributed by atoms with E-state index in [4.69, 9.17) is 4.74 Å². The molecule has 0 aliphatic heterocycles. The van der Waals surface area contributed by atoms with E-state index >= 15 is 0 Å². The normalized spacial score (nSPS) is 10.4. The number of aromatic nitrogens is 1. The molecule has 0 saturated heterocycles. The minimum absolute atomic E-state index is 0.146. The minimum atomic E-state index is -2.61. The van der Waals surface area contributed by atoms with Gasteiger partial charge in [-0.05, 0) is 24.1 Å². The summed E-state index contributed by atoms with van der Waals surface area (Å²) in [6.45, 7) is 2.50. The van der Waals surface area contributed by atoms with E-state index < -0.39 is 12.5 Å². The maximum absolute atomic E-state index is 12.4. The number of nitrogens with zero attached hydrogens (tertiary/aromatic N) is 1. The zero-order valence-electron chi connectivity index (χ0n) is 10.2. The Kier molecular flexibility index (Phi) is 6.04. The van der Waals surface area contributed by atoms with Gasteiger partial charge in [0.05, 0.1) is 6.61 Å². The Balaban J connectivity index is 2.38. The highest BCUT2D eigenvalue weighted by atomic mass is 19.3. The lowest BCUT2D eigenvalue weighted by Gasteiger charge is -2.07. The van der Waals surface area contributed by atoms with Crippen LogP contribution in [0.25, 0.3) is 0 Å². The molecule has 1 aromatic rings. The van der Waals surface area contributed by atoms with Crippen LogP contribution in [0.3, 0.4) is 0 Å². The van der Waals surface area contributed by atoms with Crippen LogP contribution in [-0.4, -0.2) is 17.7 Å². The molecule has 1 aromatic heterocycles. The smallest absolute Gasteiger partial charge is 0.407 e. The van der Waals surface area contributed by atoms with Crippen molar-refractivity contribution in [1.29, 1.82) is 0 Å². The van der Waals surface area contributed by atoms with Crippen molar-refractivity contribution in [1.82, 2.24) is 10.3 Å². The quantitative estimate of drug-likeness (QED) is 0.798. The Morgan fingerprint density at radius 2 is 2.33 bits per heavy atom. The van der Waals surface area contributed by atoms with Crippen LogP contribution in [0.5, 0.6) is 0 Å². The summed E-state index contributed by atoms with van der Waals surface area (Å²) in [5, 5.41) is 2.49. The molecule has 1 heterocycles. The molecule has 1 amide bonds. The molecule has 0 spiro atoms. The van der Waals surface area contributed by atoms with E-state index in [0.29, 0.717) is 12.2 Å². The fraction of sp³-hybridized carbons (Fsp3) is 0.500. The van der Waals surface area contributed by atoms with Crippen LogP contribution in [0, 0.1) is 0 Å². The monoisotopic (exact) mass is 258 g/mol. The first-order chi connectivity index (χ1) is 8.63. The Hall–Kier alpha value is -1.72. The van der Waals surface area contributed by atoms with Gasteiger partial charge in [0.1, 0.15) is 5.69 Å². The fourth-order valence-corrected chi connectivity index (χ4v) is 1.26. The first-order valence-corrected chi connectivity index (χ1v) is 5.77. The van der Waals surface area contributed by atoms with Gasteiger partial charge < -0.3 is 10.1 Å². The SMILES string of the molecule is CCCCOC(=O)NCc1ccnc(C(F)F)c1. The number of hydrogen-bond acceptors (Lipinski definition) is 3. The molecule has 0 unspecified atom stereocenters. The average Bonchev–Trinajstić information content (AvgIpc) is 2.37. The number of alkyl halides is 2. The van der Waals surface area contributed by atoms with E-state index in [2.05, 4.69) is 10.3 Å². The summed E-state index contributed by atoms with van der Waals surface area (Å²) in [5.41, 5.74) is 0.265. The van der Waals surface area contributed by atoms with Crippen molar-refractivity contribution in [2.24, 2.45) is 0 Å². The van der Waals surface area contributed by atoms with Gasteiger partial charge >= 0.3 is 6.09 Å². The van der Waals surface area contributed by atoms with Crippen LogP contribution >= 0.6 is 0 Å². The summed E-state index contributed by atoms with van der Waals surface area (Å²) < 4.78 is 29.6. The highest BCUT2D eigenvalue weighted by molar-refractivity contribution is 5.67. The predicted molar refractivity (Wildman–Crippen MR) is 62.3 cm³/mol. The molecule has 100 valence electrons. The maximum Gasteiger partial charge on any atom is 0.407 e. The highest BCUT2D eigenvalue weighted by Crippen LogP contribution is 2.16. The van der Waals surface area contributed by atoms with Crippen LogP contribution in [0.2, 0.25) is 0 Å². The summed E-state index contributed by atoms with van der Waals surface area (Å²) in [4.78, 5) is 14.7. The lowest BCUT2D eigenvalue weighted by Crippen LogP contribution is -2.24. The summed E-state index contributed by atoms with van der Waals surface area (Å²) in [7, 11) is 0. The predicted octanol–water partition coefficient (Wildman–Crippen LogP) is 3.05. The standard InChI is InChI=1S/C12H16F2N2O2/c1-2-3-6-18-12(17)16-8-9-4-5-15-10(7-9)11(13)14/h4-5,7,11H,2-3,6,8H2,1H3,(H,16,17). The van der Waals surface area contributed by atoms with Gasteiger partial charge in [-0.3, -0.25) is 4.98 Å². The van der Waals surface area contributed by atoms with E-state index in [0.717, 1.165) is 12.8 Å². The molecule has 4 nitrogen and oxygen atoms in total. The molecule has 0 fully saturated rings. The van der Waals surface area contributed by atoms with Crippen LogP contribution in [0.1, 0.15) is 37.4 Å². The van der Waals surface area contributed by atoms with Gasteiger partial charge in [0.25, 0.3) is 6.43 Å². The number of carbonyl (C=O) groups is 1. The van der Waals surface area contributed by atoms with Crippen molar-refractivity contribution in [3.63, 3.8) is 0 Å². The highest BCUT2D eigenvalue weighted by Gasteiger charge is 2.09. The van der Waals surface area contributed by atoms with Crippen LogP contribution in [-0.2, 0) is 11.3 Å². The van der Waals surface area contributed by atoms with Crippen molar-refractivity contribution in [2.75, 3.05) is 6.61 Å². The Morgan fingerprint density at radius 1 is 1.56 bits per heavy atom. The van der Waals surface area contributed by atoms with Gasteiger partial charge in [0.2, 0.25) is 0 Å². The zero-order valence-corrected chi connectivity index (χ0v) is 10.2. The largest absolute Gasteiger partial charge is 0.450 e. The number of pyridine rings is 1. The summed E-state index contributed by atoms with van der Waals surface area (Å²) in [6, 6.07) is 2.83. The fourth-order valence-electron chi connectivity index (χ4n) is 1.26. The first kappa shape index (κ1) is 14.3. The van der Waals surface area contributed by atoms with Crippen molar-refractivity contribution < 1.29 is 18.3 Å². The molecule has 0 atom stereocenters. The number of halogens is 2. The number of amides is 1. The first-order valence-electron chi connectivity index (χ1n) is 5.77. The average molecular weight is 258 g/mol. The van der Waals surface area contributed by atoms with E-state index in [1.807, 2.05) is 6.92 Å². The van der Waals surface area contributed by atoms with Gasteiger partial charge in [-0.25, -0.2) is 13.6 Å². The number of alkyl carbamates (subject to hydrolysis) is 1. The number of carbonyl (C=O) groups excluding carboxylic acids is 1. The van der Waals surface area contributed by atoms with E-state index in [1.54, 1.807) is 6.07 Å². The summed E-state index contributed by atoms with van der Waals surface area (Å²) >= 11 is 0. The molecule has 0 aliphatic carbocycles. The number of unbranched alkanes of at least 4 members (excludes halogenated alkanes) is 1. The zero-order chi connectivity index (χ0) is 13.4. The molecule has 6 heteroatoms. The number of rotatable bonds is 6. The van der Waals surface area contributed by atoms with E-state index in [9.17, 15) is 13.6 Å². The van der Waals surface area contributed by atoms with Crippen LogP contribution in [0.4, 0.5) is 13.6 Å². The van der Waals surface area contributed by atoms with Gasteiger partial charge in [-0.2, -0.15) is 0 Å². The van der Waals surface area contributed by atoms with E-state index in [-0.39, 0.29) is 12.2 Å². The van der Waals surface area contributed by atoms with Crippen LogP contribution < -0.4 is 5.32 Å². The van der Waals surface area contributed by atoms with Crippen molar-refractivity contribution in [3.05, 3.63) is 29.6 Å². The van der Waals surface area contributed by atoms with E-state index in [1.165, 1.54) is 12.3 Å². The Labute approximate surface area is 104 Å². The summed E-state index contributed by atoms with van der Waals surface area (Å²) in [6.07, 6.45) is -0.116. The second-order valence-corrected chi connectivity index (χ2v) is 3.73. The Bertz CT molecular complexity index is 386. The van der Waals surface area contributed by atoms with Gasteiger partial charge in [-0.1, -0.05) is 13.3 Å². The Morgan fingerprint density at radius 3 is 3.00 bits per heavy atom. The third kappa shape index (κ3) is 5.07. The lowest BCUT2D eigenvalue weighted by atomic mass is 10.2. The molecular formula is C12H16F2N2O2. The van der Waals surface area contributed by atoms with Crippen LogP contribution in [0.15, 0.2) is 18.3 Å². The molecule has 1 N–H and O–H groups in total. The minimum Gasteiger partial charge on any atom is -0.450 e. The second-order valence-electron chi connectivity index (χ2n) is 3.73. The molecule has 1 rings (SSSR count). The number of nitrogens with one attached hydrogen (secondary N) is 1. The van der Waals surface area contributed by atoms with Crippen molar-refractivity contribution >= 4 is 6.09 Å². The number of ether oxygens (including phenoxy) is 1.